The van der Waals surface area contributed by atoms with Crippen LogP contribution in [0, 0.1) is 5.82 Å². The molecule has 0 radical (unpaired) electrons. The van der Waals surface area contributed by atoms with E-state index in [9.17, 15) is 14.3 Å². The third-order valence-electron chi connectivity index (χ3n) is 1.67. The van der Waals surface area contributed by atoms with E-state index in [1.807, 2.05) is 0 Å². The van der Waals surface area contributed by atoms with Crippen molar-refractivity contribution in [1.82, 2.24) is 0 Å². The highest BCUT2D eigenvalue weighted by atomic mass is 19.1. The van der Waals surface area contributed by atoms with Crippen LogP contribution in [0.2, 0.25) is 0 Å². The van der Waals surface area contributed by atoms with Crippen molar-refractivity contribution in [3.05, 3.63) is 35.6 Å². The van der Waals surface area contributed by atoms with Crippen LogP contribution < -0.4 is 0 Å². The SMILES string of the molecule is CCOC(=O)C(O)c1cccc(F)c1. The van der Waals surface area contributed by atoms with Crippen molar-refractivity contribution in [2.24, 2.45) is 0 Å². The summed E-state index contributed by atoms with van der Waals surface area (Å²) in [4.78, 5) is 11.1. The van der Waals surface area contributed by atoms with Crippen molar-refractivity contribution >= 4 is 5.97 Å². The molecule has 1 aromatic rings. The fourth-order valence-corrected chi connectivity index (χ4v) is 1.03. The molecule has 1 N–H and O–H groups in total. The molecule has 1 unspecified atom stereocenters. The summed E-state index contributed by atoms with van der Waals surface area (Å²) >= 11 is 0. The Hall–Kier alpha value is -1.42. The molecule has 0 saturated heterocycles. The van der Waals surface area contributed by atoms with Gasteiger partial charge in [-0.2, -0.15) is 0 Å². The molecule has 3 nitrogen and oxygen atoms in total. The molecule has 0 aromatic heterocycles. The zero-order chi connectivity index (χ0) is 10.6. The Balaban J connectivity index is 2.78. The van der Waals surface area contributed by atoms with Gasteiger partial charge in [-0.1, -0.05) is 12.1 Å². The van der Waals surface area contributed by atoms with E-state index in [1.165, 1.54) is 18.2 Å². The predicted octanol–water partition coefficient (Wildman–Crippen LogP) is 1.42. The minimum atomic E-state index is -1.41. The van der Waals surface area contributed by atoms with Crippen LogP contribution in [0.5, 0.6) is 0 Å². The van der Waals surface area contributed by atoms with Crippen molar-refractivity contribution in [1.29, 1.82) is 0 Å². The number of aliphatic hydroxyl groups excluding tert-OH is 1. The number of hydrogen-bond acceptors (Lipinski definition) is 3. The molecule has 0 aliphatic carbocycles. The maximum atomic E-state index is 12.7. The van der Waals surface area contributed by atoms with E-state index < -0.39 is 17.9 Å². The maximum absolute atomic E-state index is 12.7. The van der Waals surface area contributed by atoms with Gasteiger partial charge in [0.1, 0.15) is 5.82 Å². The summed E-state index contributed by atoms with van der Waals surface area (Å²) in [5, 5.41) is 9.40. The van der Waals surface area contributed by atoms with Crippen molar-refractivity contribution in [2.45, 2.75) is 13.0 Å². The molecule has 76 valence electrons. The second kappa shape index (κ2) is 4.72. The van der Waals surface area contributed by atoms with E-state index >= 15 is 0 Å². The minimum Gasteiger partial charge on any atom is -0.464 e. The molecule has 1 rings (SSSR count). The maximum Gasteiger partial charge on any atom is 0.339 e. The fraction of sp³-hybridized carbons (Fsp3) is 0.300. The third-order valence-corrected chi connectivity index (χ3v) is 1.67. The van der Waals surface area contributed by atoms with E-state index in [4.69, 9.17) is 0 Å². The van der Waals surface area contributed by atoms with Crippen molar-refractivity contribution in [3.8, 4) is 0 Å². The lowest BCUT2D eigenvalue weighted by atomic mass is 10.1. The van der Waals surface area contributed by atoms with Crippen LogP contribution in [-0.2, 0) is 9.53 Å². The van der Waals surface area contributed by atoms with Gasteiger partial charge < -0.3 is 9.84 Å². The Kier molecular flexibility index (Phi) is 3.59. The van der Waals surface area contributed by atoms with E-state index in [2.05, 4.69) is 4.74 Å². The van der Waals surface area contributed by atoms with E-state index in [0.717, 1.165) is 6.07 Å². The Morgan fingerprint density at radius 3 is 2.93 bits per heavy atom. The fourth-order valence-electron chi connectivity index (χ4n) is 1.03. The topological polar surface area (TPSA) is 46.5 Å². The van der Waals surface area contributed by atoms with Gasteiger partial charge in [-0.25, -0.2) is 9.18 Å². The lowest BCUT2D eigenvalue weighted by Gasteiger charge is -2.09. The number of hydrogen-bond donors (Lipinski definition) is 1. The van der Waals surface area contributed by atoms with Crippen LogP contribution in [0.25, 0.3) is 0 Å². The largest absolute Gasteiger partial charge is 0.464 e. The number of ether oxygens (including phenoxy) is 1. The zero-order valence-corrected chi connectivity index (χ0v) is 7.74. The average Bonchev–Trinajstić information content (AvgIpc) is 2.17. The van der Waals surface area contributed by atoms with Gasteiger partial charge in [-0.05, 0) is 24.6 Å². The van der Waals surface area contributed by atoms with Crippen LogP contribution in [0.4, 0.5) is 4.39 Å². The summed E-state index contributed by atoms with van der Waals surface area (Å²) in [5.41, 5.74) is 0.198. The summed E-state index contributed by atoms with van der Waals surface area (Å²) < 4.78 is 17.3. The molecule has 0 heterocycles. The first kappa shape index (κ1) is 10.7. The first-order chi connectivity index (χ1) is 6.65. The highest BCUT2D eigenvalue weighted by molar-refractivity contribution is 5.76. The average molecular weight is 198 g/mol. The van der Waals surface area contributed by atoms with Crippen molar-refractivity contribution in [3.63, 3.8) is 0 Å². The molecule has 0 aliphatic heterocycles. The summed E-state index contributed by atoms with van der Waals surface area (Å²) in [5.74, 6) is -1.26. The third kappa shape index (κ3) is 2.53. The van der Waals surface area contributed by atoms with E-state index in [1.54, 1.807) is 6.92 Å². The zero-order valence-electron chi connectivity index (χ0n) is 7.74. The molecule has 0 bridgehead atoms. The van der Waals surface area contributed by atoms with Gasteiger partial charge in [0.25, 0.3) is 0 Å². The Bertz CT molecular complexity index is 325. The lowest BCUT2D eigenvalue weighted by Crippen LogP contribution is -2.15. The second-order valence-electron chi connectivity index (χ2n) is 2.71. The number of benzene rings is 1. The Morgan fingerprint density at radius 1 is 1.64 bits per heavy atom. The van der Waals surface area contributed by atoms with Crippen LogP contribution in [0.15, 0.2) is 24.3 Å². The van der Waals surface area contributed by atoms with E-state index in [-0.39, 0.29) is 12.2 Å². The summed E-state index contributed by atoms with van der Waals surface area (Å²) in [6.07, 6.45) is -1.41. The van der Waals surface area contributed by atoms with Crippen molar-refractivity contribution < 1.29 is 19.0 Å². The van der Waals surface area contributed by atoms with Crippen LogP contribution in [0.1, 0.15) is 18.6 Å². The number of esters is 1. The molecular formula is C10H11FO3. The molecule has 0 fully saturated rings. The number of rotatable bonds is 3. The Labute approximate surface area is 81.1 Å². The summed E-state index contributed by atoms with van der Waals surface area (Å²) in [7, 11) is 0. The molecule has 1 atom stereocenters. The molecular weight excluding hydrogens is 187 g/mol. The van der Waals surface area contributed by atoms with Gasteiger partial charge in [0, 0.05) is 0 Å². The monoisotopic (exact) mass is 198 g/mol. The number of carbonyl (C=O) groups excluding carboxylic acids is 1. The highest BCUT2D eigenvalue weighted by Crippen LogP contribution is 2.15. The van der Waals surface area contributed by atoms with Gasteiger partial charge in [0.2, 0.25) is 0 Å². The summed E-state index contributed by atoms with van der Waals surface area (Å²) in [6, 6.07) is 5.22. The number of halogens is 1. The standard InChI is InChI=1S/C10H11FO3/c1-2-14-10(13)9(12)7-4-3-5-8(11)6-7/h3-6,9,12H,2H2,1H3. The van der Waals surface area contributed by atoms with Gasteiger partial charge in [-0.15, -0.1) is 0 Å². The van der Waals surface area contributed by atoms with Gasteiger partial charge in [-0.3, -0.25) is 0 Å². The normalized spacial score (nSPS) is 12.2. The Morgan fingerprint density at radius 2 is 2.36 bits per heavy atom. The molecule has 0 amide bonds. The van der Waals surface area contributed by atoms with Crippen molar-refractivity contribution in [2.75, 3.05) is 6.61 Å². The van der Waals surface area contributed by atoms with Gasteiger partial charge >= 0.3 is 5.97 Å². The minimum absolute atomic E-state index is 0.186. The lowest BCUT2D eigenvalue weighted by molar-refractivity contribution is -0.153. The van der Waals surface area contributed by atoms with Crippen LogP contribution in [-0.4, -0.2) is 17.7 Å². The predicted molar refractivity (Wildman–Crippen MR) is 48.0 cm³/mol. The molecule has 0 spiro atoms. The van der Waals surface area contributed by atoms with Crippen LogP contribution >= 0.6 is 0 Å². The summed E-state index contributed by atoms with van der Waals surface area (Å²) in [6.45, 7) is 1.82. The quantitative estimate of drug-likeness (QED) is 0.747. The number of aliphatic hydroxyl groups is 1. The van der Waals surface area contributed by atoms with Gasteiger partial charge in [0.05, 0.1) is 6.61 Å². The first-order valence-electron chi connectivity index (χ1n) is 4.25. The number of carbonyl (C=O) groups is 1. The highest BCUT2D eigenvalue weighted by Gasteiger charge is 2.18. The molecule has 4 heteroatoms. The van der Waals surface area contributed by atoms with Crippen LogP contribution in [0.3, 0.4) is 0 Å². The molecule has 0 aliphatic rings. The second-order valence-corrected chi connectivity index (χ2v) is 2.71. The molecule has 14 heavy (non-hydrogen) atoms. The van der Waals surface area contributed by atoms with E-state index in [0.29, 0.717) is 0 Å². The van der Waals surface area contributed by atoms with Gasteiger partial charge in [0.15, 0.2) is 6.10 Å². The molecule has 1 aromatic carbocycles. The first-order valence-corrected chi connectivity index (χ1v) is 4.25. The smallest absolute Gasteiger partial charge is 0.339 e. The molecule has 0 saturated carbocycles.